The molecule has 0 radical (unpaired) electrons. The molecule has 0 bridgehead atoms. The Hall–Kier alpha value is -2.01. The van der Waals surface area contributed by atoms with Crippen molar-refractivity contribution < 1.29 is 4.74 Å². The molecule has 1 fully saturated rings. The Morgan fingerprint density at radius 2 is 1.73 bits per heavy atom. The highest BCUT2D eigenvalue weighted by Gasteiger charge is 2.24. The summed E-state index contributed by atoms with van der Waals surface area (Å²) in [6, 6.07) is 3.94. The fourth-order valence-electron chi connectivity index (χ4n) is 4.18. The quantitative estimate of drug-likeness (QED) is 0.628. The maximum atomic E-state index is 6.50. The molecule has 5 heteroatoms. The minimum atomic E-state index is 0.297. The predicted octanol–water partition coefficient (Wildman–Crippen LogP) is 5.34. The zero-order valence-corrected chi connectivity index (χ0v) is 15.7. The van der Waals surface area contributed by atoms with E-state index in [0.717, 1.165) is 41.4 Å². The summed E-state index contributed by atoms with van der Waals surface area (Å²) in [6.07, 6.45) is 14.9. The molecule has 26 heavy (non-hydrogen) atoms. The zero-order valence-electron chi connectivity index (χ0n) is 14.9. The molecule has 0 aliphatic heterocycles. The van der Waals surface area contributed by atoms with Crippen molar-refractivity contribution in [2.24, 2.45) is 0 Å². The number of rotatable bonds is 3. The lowest BCUT2D eigenvalue weighted by Gasteiger charge is -2.23. The topological polar surface area (TPSA) is 47.9 Å². The van der Waals surface area contributed by atoms with Gasteiger partial charge < -0.3 is 4.74 Å². The van der Waals surface area contributed by atoms with E-state index in [1.165, 1.54) is 54.4 Å². The van der Waals surface area contributed by atoms with Crippen LogP contribution in [0.25, 0.3) is 21.6 Å². The van der Waals surface area contributed by atoms with Crippen LogP contribution in [-0.4, -0.2) is 21.1 Å². The summed E-state index contributed by atoms with van der Waals surface area (Å²) in [5.41, 5.74) is 2.45. The van der Waals surface area contributed by atoms with Crippen LogP contribution in [0.4, 0.5) is 0 Å². The van der Waals surface area contributed by atoms with Gasteiger partial charge in [-0.25, -0.2) is 4.98 Å². The molecule has 0 saturated heterocycles. The third-order valence-corrected chi connectivity index (χ3v) is 6.74. The Morgan fingerprint density at radius 3 is 2.58 bits per heavy atom. The standard InChI is InChI=1S/C21H23N3OS/c1-2-6-15(7-3-1)25-20-18-16-8-4-5-9-17(16)26-21(18)24-19(23-20)14-10-12-22-13-11-14/h10-13,15H,1-9H2. The first-order valence-corrected chi connectivity index (χ1v) is 10.6. The van der Waals surface area contributed by atoms with E-state index in [0.29, 0.717) is 6.10 Å². The minimum absolute atomic E-state index is 0.297. The monoisotopic (exact) mass is 365 g/mol. The van der Waals surface area contributed by atoms with Crippen LogP contribution < -0.4 is 4.74 Å². The van der Waals surface area contributed by atoms with E-state index in [-0.39, 0.29) is 0 Å². The van der Waals surface area contributed by atoms with Gasteiger partial charge in [-0.1, -0.05) is 6.42 Å². The fraction of sp³-hybridized carbons (Fsp3) is 0.476. The molecule has 134 valence electrons. The van der Waals surface area contributed by atoms with Crippen LogP contribution in [0.3, 0.4) is 0 Å². The van der Waals surface area contributed by atoms with E-state index in [2.05, 4.69) is 4.98 Å². The van der Waals surface area contributed by atoms with Crippen molar-refractivity contribution in [3.63, 3.8) is 0 Å². The summed E-state index contributed by atoms with van der Waals surface area (Å²) in [5, 5.41) is 1.19. The molecule has 2 aliphatic carbocycles. The zero-order chi connectivity index (χ0) is 17.3. The lowest BCUT2D eigenvalue weighted by molar-refractivity contribution is 0.151. The third kappa shape index (κ3) is 2.98. The Labute approximate surface area is 157 Å². The van der Waals surface area contributed by atoms with Gasteiger partial charge in [0, 0.05) is 22.8 Å². The SMILES string of the molecule is c1cc(-c2nc(OC3CCCCC3)c3c4c(sc3n2)CCCC4)ccn1. The average Bonchev–Trinajstić information content (AvgIpc) is 3.08. The Morgan fingerprint density at radius 1 is 0.923 bits per heavy atom. The number of nitrogens with zero attached hydrogens (tertiary/aromatic N) is 3. The van der Waals surface area contributed by atoms with Crippen LogP contribution in [0, 0.1) is 0 Å². The number of aryl methyl sites for hydroxylation is 2. The van der Waals surface area contributed by atoms with Crippen LogP contribution in [0.1, 0.15) is 55.4 Å². The summed E-state index contributed by atoms with van der Waals surface area (Å²) in [5.74, 6) is 1.57. The number of fused-ring (bicyclic) bond motifs is 3. The van der Waals surface area contributed by atoms with Crippen LogP contribution in [-0.2, 0) is 12.8 Å². The number of aromatic nitrogens is 3. The molecule has 0 aromatic carbocycles. The summed E-state index contributed by atoms with van der Waals surface area (Å²) in [6.45, 7) is 0. The van der Waals surface area contributed by atoms with Gasteiger partial charge in [-0.2, -0.15) is 4.98 Å². The highest BCUT2D eigenvalue weighted by molar-refractivity contribution is 7.18. The largest absolute Gasteiger partial charge is 0.474 e. The molecule has 4 nitrogen and oxygen atoms in total. The molecular formula is C21H23N3OS. The lowest BCUT2D eigenvalue weighted by atomic mass is 9.96. The average molecular weight is 366 g/mol. The maximum Gasteiger partial charge on any atom is 0.226 e. The van der Waals surface area contributed by atoms with E-state index in [4.69, 9.17) is 14.7 Å². The summed E-state index contributed by atoms with van der Waals surface area (Å²) in [4.78, 5) is 16.5. The molecule has 0 spiro atoms. The molecule has 0 N–H and O–H groups in total. The normalized spacial score (nSPS) is 18.0. The number of hydrogen-bond donors (Lipinski definition) is 0. The molecule has 0 atom stereocenters. The van der Waals surface area contributed by atoms with E-state index >= 15 is 0 Å². The fourth-order valence-corrected chi connectivity index (χ4v) is 5.43. The number of pyridine rings is 1. The molecule has 0 unspecified atom stereocenters. The molecule has 3 aromatic rings. The Bertz CT molecular complexity index is 916. The highest BCUT2D eigenvalue weighted by atomic mass is 32.1. The second kappa shape index (κ2) is 6.95. The van der Waals surface area contributed by atoms with Crippen molar-refractivity contribution in [3.8, 4) is 17.3 Å². The molecule has 5 rings (SSSR count). The van der Waals surface area contributed by atoms with Crippen molar-refractivity contribution in [1.29, 1.82) is 0 Å². The van der Waals surface area contributed by atoms with Gasteiger partial charge in [0.1, 0.15) is 10.9 Å². The second-order valence-electron chi connectivity index (χ2n) is 7.36. The number of hydrogen-bond acceptors (Lipinski definition) is 5. The first-order valence-electron chi connectivity index (χ1n) is 9.78. The van der Waals surface area contributed by atoms with Gasteiger partial charge in [0.25, 0.3) is 0 Å². The Balaban J connectivity index is 1.64. The first kappa shape index (κ1) is 16.2. The smallest absolute Gasteiger partial charge is 0.226 e. The van der Waals surface area contributed by atoms with Gasteiger partial charge in [0.2, 0.25) is 5.88 Å². The maximum absolute atomic E-state index is 6.50. The predicted molar refractivity (Wildman–Crippen MR) is 105 cm³/mol. The first-order chi connectivity index (χ1) is 12.9. The highest BCUT2D eigenvalue weighted by Crippen LogP contribution is 2.41. The van der Waals surface area contributed by atoms with E-state index in [1.54, 1.807) is 12.4 Å². The Kier molecular flexibility index (Phi) is 4.33. The van der Waals surface area contributed by atoms with Crippen LogP contribution in [0.15, 0.2) is 24.5 Å². The van der Waals surface area contributed by atoms with Gasteiger partial charge in [-0.3, -0.25) is 4.98 Å². The molecular weight excluding hydrogens is 342 g/mol. The summed E-state index contributed by atoms with van der Waals surface area (Å²) in [7, 11) is 0. The van der Waals surface area contributed by atoms with E-state index in [9.17, 15) is 0 Å². The minimum Gasteiger partial charge on any atom is -0.474 e. The molecule has 2 aliphatic rings. The van der Waals surface area contributed by atoms with Crippen molar-refractivity contribution in [2.75, 3.05) is 0 Å². The van der Waals surface area contributed by atoms with Crippen molar-refractivity contribution in [2.45, 2.75) is 63.9 Å². The summed E-state index contributed by atoms with van der Waals surface area (Å²) >= 11 is 1.84. The van der Waals surface area contributed by atoms with Crippen molar-refractivity contribution in [3.05, 3.63) is 35.0 Å². The molecule has 0 amide bonds. The molecule has 3 heterocycles. The third-order valence-electron chi connectivity index (χ3n) is 5.55. The molecule has 1 saturated carbocycles. The van der Waals surface area contributed by atoms with Crippen LogP contribution >= 0.6 is 11.3 Å². The lowest BCUT2D eigenvalue weighted by Crippen LogP contribution is -2.20. The van der Waals surface area contributed by atoms with E-state index in [1.807, 2.05) is 23.5 Å². The molecule has 3 aromatic heterocycles. The van der Waals surface area contributed by atoms with Gasteiger partial charge >= 0.3 is 0 Å². The van der Waals surface area contributed by atoms with Gasteiger partial charge in [0.15, 0.2) is 5.82 Å². The van der Waals surface area contributed by atoms with Crippen LogP contribution in [0.2, 0.25) is 0 Å². The van der Waals surface area contributed by atoms with Crippen LogP contribution in [0.5, 0.6) is 5.88 Å². The van der Waals surface area contributed by atoms with Crippen molar-refractivity contribution >= 4 is 21.6 Å². The van der Waals surface area contributed by atoms with E-state index < -0.39 is 0 Å². The van der Waals surface area contributed by atoms with Gasteiger partial charge in [-0.05, 0) is 69.1 Å². The van der Waals surface area contributed by atoms with Gasteiger partial charge in [-0.15, -0.1) is 11.3 Å². The van der Waals surface area contributed by atoms with Crippen molar-refractivity contribution in [1.82, 2.24) is 15.0 Å². The number of ether oxygens (including phenoxy) is 1. The number of thiophene rings is 1. The van der Waals surface area contributed by atoms with Gasteiger partial charge in [0.05, 0.1) is 5.39 Å². The second-order valence-corrected chi connectivity index (χ2v) is 8.44. The summed E-state index contributed by atoms with van der Waals surface area (Å²) < 4.78 is 6.50.